The molecule has 20 atom stereocenters. The van der Waals surface area contributed by atoms with E-state index in [9.17, 15) is 76.0 Å². The van der Waals surface area contributed by atoms with Gasteiger partial charge in [-0.25, -0.2) is 0 Å². The molecule has 3 aliphatic rings. The molecule has 0 bridgehead atoms. The molecule has 480 valence electrons. The first-order chi connectivity index (χ1) is 38.7. The minimum atomic E-state index is -1.59. The van der Waals surface area contributed by atoms with Gasteiger partial charge in [-0.2, -0.15) is 0 Å². The maximum Gasteiger partial charge on any atom is 0.311 e. The number of rotatable bonds is 12. The van der Waals surface area contributed by atoms with Crippen LogP contribution in [0.15, 0.2) is 28.3 Å². The number of unbranched alkanes of at least 4 members (excludes halogenated alkanes) is 1. The lowest BCUT2D eigenvalue weighted by Crippen LogP contribution is -2.42. The molecule has 0 aliphatic carbocycles. The van der Waals surface area contributed by atoms with Gasteiger partial charge in [-0.1, -0.05) is 64.7 Å². The SMILES string of the molecule is CCCCC1C(=O)OC(C(C)C(O)CCCN=C(N)N)C(C)/C=C(\C)CCCCC(O)CC(O)CC(O)CC(O)CC(O)C(O[C@H]2O[C@H](CO)[C@@H](O)[C@@H]2O)/C=C(\C)C(O)CCCC(O)CCCC(O)CCC(C)C1O.CN1CCCC1=O. The van der Waals surface area contributed by atoms with Gasteiger partial charge < -0.3 is 97.0 Å². The smallest absolute Gasteiger partial charge is 0.311 e. The predicted octanol–water partition coefficient (Wildman–Crippen LogP) is 2.49. The minimum absolute atomic E-state index is 0.0266. The fourth-order valence-electron chi connectivity index (χ4n) is 11.1. The number of carbonyl (C=O) groups excluding carboxylic acids is 2. The number of nitrogens with two attached hydrogens (primary N) is 2. The Labute approximate surface area is 488 Å². The standard InChI is InChI=1S/C55H103N3O17.C5H9NO/c1-7-8-19-43-49(69)33(3)22-23-38(61)17-11-16-37(60)18-12-20-44(66)34(4)26-47(73-54-51(71)50(70)48(31-59)74-54)46(68)30-42(65)29-41(64)28-40(63)27-39(62)15-10-9-14-32(2)25-35(5)52(75-53(43)72)36(6)45(67)21-13-24-58-55(56)57;1-6-4-2-3-5(6)7/h25-26,33,35-52,54,59-71H,7-24,27-31H2,1-6H3,(H4,56,57,58);2-4H2,1H3/b32-25+,34-26+;/t33?,35?,36?,37?,38?,39?,40?,41?,42?,43?,44?,45?,46?,47?,48-,49?,50-,51+,52?,54+;/m1./s1. The van der Waals surface area contributed by atoms with Gasteiger partial charge in [-0.15, -0.1) is 0 Å². The zero-order valence-electron chi connectivity index (χ0n) is 50.5. The Bertz CT molecular complexity index is 1850. The van der Waals surface area contributed by atoms with Gasteiger partial charge in [0.1, 0.15) is 30.5 Å². The predicted molar refractivity (Wildman–Crippen MR) is 311 cm³/mol. The number of aliphatic hydroxyl groups excluding tert-OH is 13. The molecule has 0 spiro atoms. The van der Waals surface area contributed by atoms with Crippen LogP contribution in [0.2, 0.25) is 0 Å². The summed E-state index contributed by atoms with van der Waals surface area (Å²) in [5.74, 6) is -2.35. The summed E-state index contributed by atoms with van der Waals surface area (Å²) in [6, 6.07) is 0. The van der Waals surface area contributed by atoms with Gasteiger partial charge >= 0.3 is 5.97 Å². The summed E-state index contributed by atoms with van der Waals surface area (Å²) in [6.45, 7) is 11.8. The second kappa shape index (κ2) is 40.5. The van der Waals surface area contributed by atoms with Crippen molar-refractivity contribution in [3.63, 3.8) is 0 Å². The van der Waals surface area contributed by atoms with E-state index in [0.29, 0.717) is 114 Å². The summed E-state index contributed by atoms with van der Waals surface area (Å²) in [6.07, 6.45) is -5.61. The number of cyclic esters (lactones) is 1. The van der Waals surface area contributed by atoms with Crippen molar-refractivity contribution in [2.75, 3.05) is 26.7 Å². The number of likely N-dealkylation sites (tertiary alicyclic amines) is 1. The summed E-state index contributed by atoms with van der Waals surface area (Å²) in [5, 5.41) is 141. The van der Waals surface area contributed by atoms with E-state index in [4.69, 9.17) is 25.7 Å². The highest BCUT2D eigenvalue weighted by Crippen LogP contribution is 2.32. The number of guanidine groups is 1. The number of ether oxygens (including phenoxy) is 3. The van der Waals surface area contributed by atoms with Gasteiger partial charge in [0.15, 0.2) is 12.2 Å². The van der Waals surface area contributed by atoms with Gasteiger partial charge in [0.2, 0.25) is 5.91 Å². The lowest BCUT2D eigenvalue weighted by atomic mass is 9.84. The first kappa shape index (κ1) is 75.2. The fraction of sp³-hybridized carbons (Fsp3) is 0.883. The van der Waals surface area contributed by atoms with Crippen LogP contribution in [-0.2, 0) is 23.8 Å². The highest BCUT2D eigenvalue weighted by Gasteiger charge is 2.45. The monoisotopic (exact) mass is 1180 g/mol. The molecule has 1 amide bonds. The Morgan fingerprint density at radius 2 is 1.33 bits per heavy atom. The lowest BCUT2D eigenvalue weighted by Gasteiger charge is -2.34. The topological polar surface area (TPSA) is 392 Å². The van der Waals surface area contributed by atoms with Crippen molar-refractivity contribution in [2.24, 2.45) is 40.1 Å². The number of hydrogen-bond donors (Lipinski definition) is 15. The van der Waals surface area contributed by atoms with Gasteiger partial charge in [-0.05, 0) is 141 Å². The minimum Gasteiger partial charge on any atom is -0.461 e. The van der Waals surface area contributed by atoms with Crippen LogP contribution in [0.1, 0.15) is 189 Å². The van der Waals surface area contributed by atoms with E-state index in [0.717, 1.165) is 31.4 Å². The molecule has 0 aromatic carbocycles. The normalized spacial score (nSPS) is 37.2. The molecule has 16 unspecified atom stereocenters. The Kier molecular flexibility index (Phi) is 37.1. The molecular weight excluding hydrogens is 1060 g/mol. The molecule has 2 saturated heterocycles. The van der Waals surface area contributed by atoms with Crippen LogP contribution in [0.25, 0.3) is 0 Å². The van der Waals surface area contributed by atoms with Gasteiger partial charge in [0, 0.05) is 44.8 Å². The van der Waals surface area contributed by atoms with E-state index in [2.05, 4.69) is 4.99 Å². The summed E-state index contributed by atoms with van der Waals surface area (Å²) >= 11 is 0. The maximum absolute atomic E-state index is 14.2. The molecule has 0 aromatic rings. The zero-order valence-corrected chi connectivity index (χ0v) is 50.5. The first-order valence-corrected chi connectivity index (χ1v) is 30.6. The molecule has 2 fully saturated rings. The molecule has 0 saturated carbocycles. The van der Waals surface area contributed by atoms with Crippen molar-refractivity contribution in [3.8, 4) is 0 Å². The first-order valence-electron chi connectivity index (χ1n) is 30.6. The number of nitrogens with zero attached hydrogens (tertiary/aromatic N) is 2. The van der Waals surface area contributed by atoms with Crippen molar-refractivity contribution in [1.82, 2.24) is 4.90 Å². The van der Waals surface area contributed by atoms with E-state index in [1.54, 1.807) is 11.8 Å². The Morgan fingerprint density at radius 1 is 0.732 bits per heavy atom. The van der Waals surface area contributed by atoms with Crippen molar-refractivity contribution in [1.29, 1.82) is 0 Å². The largest absolute Gasteiger partial charge is 0.461 e. The number of aliphatic hydroxyl groups is 13. The van der Waals surface area contributed by atoms with E-state index < -0.39 is 122 Å². The molecule has 22 heteroatoms. The average molecular weight is 1180 g/mol. The molecule has 3 heterocycles. The summed E-state index contributed by atoms with van der Waals surface area (Å²) in [4.78, 5) is 30.5. The molecule has 3 aliphatic heterocycles. The quantitative estimate of drug-likeness (QED) is 0.0439. The highest BCUT2D eigenvalue weighted by atomic mass is 16.7. The maximum atomic E-state index is 14.2. The van der Waals surface area contributed by atoms with E-state index in [-0.39, 0.29) is 49.9 Å². The lowest BCUT2D eigenvalue weighted by molar-refractivity contribution is -0.202. The molecule has 82 heavy (non-hydrogen) atoms. The summed E-state index contributed by atoms with van der Waals surface area (Å²) < 4.78 is 17.7. The summed E-state index contributed by atoms with van der Waals surface area (Å²) in [5.41, 5.74) is 12.4. The van der Waals surface area contributed by atoms with Crippen LogP contribution in [-0.4, -0.2) is 214 Å². The molecule has 0 radical (unpaired) electrons. The third kappa shape index (κ3) is 29.0. The number of amides is 1. The zero-order chi connectivity index (χ0) is 61.6. The van der Waals surface area contributed by atoms with Crippen LogP contribution in [0.3, 0.4) is 0 Å². The molecule has 22 nitrogen and oxygen atoms in total. The summed E-state index contributed by atoms with van der Waals surface area (Å²) in [7, 11) is 1.84. The van der Waals surface area contributed by atoms with Crippen molar-refractivity contribution < 1.29 is 90.2 Å². The number of hydrogen-bond acceptors (Lipinski definition) is 19. The van der Waals surface area contributed by atoms with Gasteiger partial charge in [-0.3, -0.25) is 14.6 Å². The third-order valence-electron chi connectivity index (χ3n) is 16.5. The van der Waals surface area contributed by atoms with Crippen LogP contribution in [0.4, 0.5) is 0 Å². The molecular formula is C60H112N4O18. The number of esters is 1. The van der Waals surface area contributed by atoms with Crippen LogP contribution >= 0.6 is 0 Å². The van der Waals surface area contributed by atoms with E-state index in [1.807, 2.05) is 47.7 Å². The number of aliphatic imine (C=N–C) groups is 1. The third-order valence-corrected chi connectivity index (χ3v) is 16.5. The Balaban J connectivity index is 0.00000303. The van der Waals surface area contributed by atoms with Crippen molar-refractivity contribution in [2.45, 2.75) is 287 Å². The van der Waals surface area contributed by atoms with Gasteiger partial charge in [0.25, 0.3) is 0 Å². The van der Waals surface area contributed by atoms with E-state index in [1.165, 1.54) is 6.08 Å². The van der Waals surface area contributed by atoms with Crippen LogP contribution < -0.4 is 11.5 Å². The second-order valence-electron chi connectivity index (χ2n) is 24.1. The molecule has 3 rings (SSSR count). The molecule has 17 N–H and O–H groups in total. The van der Waals surface area contributed by atoms with Crippen molar-refractivity contribution in [3.05, 3.63) is 23.3 Å². The second-order valence-corrected chi connectivity index (χ2v) is 24.1. The Morgan fingerprint density at radius 3 is 1.89 bits per heavy atom. The Hall–Kier alpha value is -2.91. The van der Waals surface area contributed by atoms with Crippen LogP contribution in [0, 0.1) is 23.7 Å². The van der Waals surface area contributed by atoms with Crippen molar-refractivity contribution >= 4 is 17.8 Å². The van der Waals surface area contributed by atoms with Gasteiger partial charge in [0.05, 0.1) is 73.6 Å². The number of carbonyl (C=O) groups is 2. The fourth-order valence-corrected chi connectivity index (χ4v) is 11.1. The average Bonchev–Trinajstić information content (AvgIpc) is 3.98. The highest BCUT2D eigenvalue weighted by molar-refractivity contribution is 5.77. The number of allylic oxidation sites excluding steroid dienone is 1. The molecule has 0 aromatic heterocycles. The van der Waals surface area contributed by atoms with E-state index >= 15 is 0 Å². The van der Waals surface area contributed by atoms with Crippen LogP contribution in [0.5, 0.6) is 0 Å².